The van der Waals surface area contributed by atoms with E-state index in [4.69, 9.17) is 9.47 Å². The Morgan fingerprint density at radius 3 is 2.53 bits per heavy atom. The van der Waals surface area contributed by atoms with E-state index in [0.29, 0.717) is 47.0 Å². The summed E-state index contributed by atoms with van der Waals surface area (Å²) in [4.78, 5) is 31.9. The minimum atomic E-state index is -0.619. The van der Waals surface area contributed by atoms with Crippen molar-refractivity contribution in [2.45, 2.75) is 31.6 Å². The Balaban J connectivity index is 1.61. The largest absolute Gasteiger partial charge is 0.497 e. The summed E-state index contributed by atoms with van der Waals surface area (Å²) in [5.74, 6) is 0.694. The summed E-state index contributed by atoms with van der Waals surface area (Å²) in [6.07, 6.45) is 2.65. The van der Waals surface area contributed by atoms with E-state index in [0.717, 1.165) is 21.3 Å². The molecule has 0 fully saturated rings. The minimum absolute atomic E-state index is 0.00930. The van der Waals surface area contributed by atoms with E-state index in [1.165, 1.54) is 0 Å². The zero-order chi connectivity index (χ0) is 26.8. The Labute approximate surface area is 230 Å². The Kier molecular flexibility index (Phi) is 7.33. The molecule has 1 aliphatic carbocycles. The number of ether oxygens (including phenoxy) is 2. The van der Waals surface area contributed by atoms with Crippen LogP contribution in [0.4, 0.5) is 5.82 Å². The first-order valence-electron chi connectivity index (χ1n) is 12.3. The molecule has 0 saturated carbocycles. The van der Waals surface area contributed by atoms with Crippen LogP contribution in [-0.2, 0) is 9.59 Å². The maximum Gasteiger partial charge on any atom is 0.255 e. The first kappa shape index (κ1) is 25.7. The number of nitrogens with one attached hydrogen (secondary N) is 2. The summed E-state index contributed by atoms with van der Waals surface area (Å²) in [5, 5.41) is 6.32. The zero-order valence-corrected chi connectivity index (χ0v) is 23.0. The van der Waals surface area contributed by atoms with Gasteiger partial charge in [-0.25, -0.2) is 4.98 Å². The molecule has 7 nitrogen and oxygen atoms in total. The number of hydrogen-bond acceptors (Lipinski definition) is 6. The van der Waals surface area contributed by atoms with Crippen molar-refractivity contribution in [3.05, 3.63) is 105 Å². The number of anilines is 1. The molecular formula is C30H28BrN3O4. The normalized spacial score (nSPS) is 19.0. The monoisotopic (exact) mass is 573 g/mol. The van der Waals surface area contributed by atoms with Crippen LogP contribution in [0, 0.1) is 0 Å². The number of rotatable bonds is 6. The van der Waals surface area contributed by atoms with Gasteiger partial charge in [-0.3, -0.25) is 9.59 Å². The quantitative estimate of drug-likeness (QED) is 0.384. The summed E-state index contributed by atoms with van der Waals surface area (Å²) in [6.45, 7) is 1.87. The maximum atomic E-state index is 13.9. The highest BCUT2D eigenvalue weighted by Crippen LogP contribution is 2.48. The fraction of sp³-hybridized carbons (Fsp3) is 0.233. The molecular weight excluding hydrogens is 546 g/mol. The standard InChI is InChI=1S/C30H28BrN3O4/c1-17-27(30(36)34-26-12-9-20(31)16-32-26)28(22-11-10-21(37-2)15-25(22)38-3)29-23(33-17)13-19(14-24(29)35)18-7-5-4-6-8-18/h4-12,15-16,19,28,33H,13-14H2,1-3H3,(H,32,34,36). The molecule has 38 heavy (non-hydrogen) atoms. The number of carbonyl (C=O) groups is 2. The lowest BCUT2D eigenvalue weighted by molar-refractivity contribution is -0.116. The average molecular weight is 574 g/mol. The van der Waals surface area contributed by atoms with Gasteiger partial charge in [0.2, 0.25) is 0 Å². The number of hydrogen-bond donors (Lipinski definition) is 2. The number of methoxy groups -OCH3 is 2. The number of allylic oxidation sites excluding steroid dienone is 3. The Hall–Kier alpha value is -3.91. The van der Waals surface area contributed by atoms with Crippen molar-refractivity contribution in [3.8, 4) is 11.5 Å². The third kappa shape index (κ3) is 4.96. The molecule has 1 aliphatic heterocycles. The summed E-state index contributed by atoms with van der Waals surface area (Å²) in [6, 6.07) is 19.1. The van der Waals surface area contributed by atoms with E-state index in [2.05, 4.69) is 43.7 Å². The fourth-order valence-electron chi connectivity index (χ4n) is 5.30. The van der Waals surface area contributed by atoms with Gasteiger partial charge in [0, 0.05) is 51.3 Å². The van der Waals surface area contributed by atoms with Crippen molar-refractivity contribution < 1.29 is 19.1 Å². The third-order valence-electron chi connectivity index (χ3n) is 7.06. The Morgan fingerprint density at radius 1 is 1.05 bits per heavy atom. The first-order chi connectivity index (χ1) is 18.4. The van der Waals surface area contributed by atoms with E-state index >= 15 is 0 Å². The number of pyridine rings is 1. The second-order valence-corrected chi connectivity index (χ2v) is 10.3. The summed E-state index contributed by atoms with van der Waals surface area (Å²) in [5.41, 5.74) is 4.42. The highest BCUT2D eigenvalue weighted by atomic mass is 79.9. The van der Waals surface area contributed by atoms with Gasteiger partial charge in [0.1, 0.15) is 17.3 Å². The van der Waals surface area contributed by atoms with Crippen LogP contribution in [0.25, 0.3) is 0 Å². The number of dihydropyridines is 1. The highest BCUT2D eigenvalue weighted by molar-refractivity contribution is 9.10. The number of carbonyl (C=O) groups excluding carboxylic acids is 2. The molecule has 5 rings (SSSR count). The summed E-state index contributed by atoms with van der Waals surface area (Å²) in [7, 11) is 3.16. The van der Waals surface area contributed by atoms with Gasteiger partial charge in [-0.15, -0.1) is 0 Å². The smallest absolute Gasteiger partial charge is 0.255 e. The van der Waals surface area contributed by atoms with Gasteiger partial charge in [0.05, 0.1) is 20.1 Å². The average Bonchev–Trinajstić information content (AvgIpc) is 2.93. The molecule has 194 valence electrons. The lowest BCUT2D eigenvalue weighted by Gasteiger charge is -2.37. The van der Waals surface area contributed by atoms with Crippen LogP contribution in [0.5, 0.6) is 11.5 Å². The van der Waals surface area contributed by atoms with Crippen molar-refractivity contribution >= 4 is 33.4 Å². The number of amides is 1. The molecule has 8 heteroatoms. The molecule has 0 bridgehead atoms. The number of Topliss-reactive ketones (excluding diaryl/α,β-unsaturated/α-hetero) is 1. The van der Waals surface area contributed by atoms with Crippen molar-refractivity contribution in [2.24, 2.45) is 0 Å². The van der Waals surface area contributed by atoms with E-state index in [9.17, 15) is 9.59 Å². The minimum Gasteiger partial charge on any atom is -0.497 e. The summed E-state index contributed by atoms with van der Waals surface area (Å²) < 4.78 is 11.9. The van der Waals surface area contributed by atoms with Crippen LogP contribution in [0.2, 0.25) is 0 Å². The molecule has 2 aliphatic rings. The zero-order valence-electron chi connectivity index (χ0n) is 21.4. The van der Waals surface area contributed by atoms with Crippen LogP contribution in [-0.4, -0.2) is 30.9 Å². The van der Waals surface area contributed by atoms with E-state index < -0.39 is 5.92 Å². The molecule has 2 unspecified atom stereocenters. The van der Waals surface area contributed by atoms with Crippen molar-refractivity contribution in [2.75, 3.05) is 19.5 Å². The van der Waals surface area contributed by atoms with E-state index in [1.54, 1.807) is 32.5 Å². The van der Waals surface area contributed by atoms with Crippen molar-refractivity contribution in [1.82, 2.24) is 10.3 Å². The number of ketones is 1. The SMILES string of the molecule is COc1ccc(C2C(C(=O)Nc3ccc(Br)cn3)=C(C)NC3=C2C(=O)CC(c2ccccc2)C3)c(OC)c1. The van der Waals surface area contributed by atoms with Gasteiger partial charge < -0.3 is 20.1 Å². The second-order valence-electron chi connectivity index (χ2n) is 9.35. The maximum absolute atomic E-state index is 13.9. The molecule has 2 N–H and O–H groups in total. The molecule has 1 amide bonds. The van der Waals surface area contributed by atoms with Gasteiger partial charge in [-0.2, -0.15) is 0 Å². The predicted octanol–water partition coefficient (Wildman–Crippen LogP) is 5.86. The molecule has 2 heterocycles. The van der Waals surface area contributed by atoms with Crippen molar-refractivity contribution in [1.29, 1.82) is 0 Å². The molecule has 2 atom stereocenters. The Morgan fingerprint density at radius 2 is 1.84 bits per heavy atom. The van der Waals surface area contributed by atoms with Gasteiger partial charge in [0.25, 0.3) is 5.91 Å². The second kappa shape index (κ2) is 10.8. The van der Waals surface area contributed by atoms with Gasteiger partial charge in [-0.05, 0) is 59.0 Å². The third-order valence-corrected chi connectivity index (χ3v) is 7.53. The molecule has 0 saturated heterocycles. The highest BCUT2D eigenvalue weighted by Gasteiger charge is 2.42. The summed E-state index contributed by atoms with van der Waals surface area (Å²) >= 11 is 3.37. The number of benzene rings is 2. The number of nitrogens with zero attached hydrogens (tertiary/aromatic N) is 1. The van der Waals surface area contributed by atoms with E-state index in [1.807, 2.05) is 43.3 Å². The van der Waals surface area contributed by atoms with Crippen LogP contribution in [0.3, 0.4) is 0 Å². The Bertz CT molecular complexity index is 1450. The van der Waals surface area contributed by atoms with Crippen LogP contribution >= 0.6 is 15.9 Å². The van der Waals surface area contributed by atoms with Crippen LogP contribution < -0.4 is 20.1 Å². The lowest BCUT2D eigenvalue weighted by Crippen LogP contribution is -2.37. The van der Waals surface area contributed by atoms with Gasteiger partial charge in [0.15, 0.2) is 5.78 Å². The van der Waals surface area contributed by atoms with Gasteiger partial charge in [-0.1, -0.05) is 36.4 Å². The lowest BCUT2D eigenvalue weighted by atomic mass is 9.71. The predicted molar refractivity (Wildman–Crippen MR) is 149 cm³/mol. The molecule has 3 aromatic rings. The number of halogens is 1. The molecule has 1 aromatic heterocycles. The van der Waals surface area contributed by atoms with Crippen LogP contribution in [0.15, 0.2) is 93.9 Å². The van der Waals surface area contributed by atoms with Crippen LogP contribution in [0.1, 0.15) is 42.7 Å². The number of aromatic nitrogens is 1. The molecule has 2 aromatic carbocycles. The topological polar surface area (TPSA) is 89.5 Å². The molecule has 0 spiro atoms. The van der Waals surface area contributed by atoms with Gasteiger partial charge >= 0.3 is 0 Å². The first-order valence-corrected chi connectivity index (χ1v) is 13.1. The fourth-order valence-corrected chi connectivity index (χ4v) is 5.54. The van der Waals surface area contributed by atoms with E-state index in [-0.39, 0.29) is 17.6 Å². The molecule has 0 radical (unpaired) electrons. The van der Waals surface area contributed by atoms with Crippen molar-refractivity contribution in [3.63, 3.8) is 0 Å².